The molecule has 6 nitrogen and oxygen atoms in total. The highest BCUT2D eigenvalue weighted by atomic mass is 127. The number of aliphatic imine (C=N–C) groups is 1. The van der Waals surface area contributed by atoms with Gasteiger partial charge in [0.1, 0.15) is 12.7 Å². The molecule has 0 saturated heterocycles. The SMILES string of the molecule is I.NC(=NCCn1cncn1)Nc1ccc2c(c1)CCC2. The highest BCUT2D eigenvalue weighted by molar-refractivity contribution is 14.0. The minimum atomic E-state index is 0. The van der Waals surface area contributed by atoms with Crippen molar-refractivity contribution in [1.82, 2.24) is 14.8 Å². The van der Waals surface area contributed by atoms with E-state index in [-0.39, 0.29) is 24.0 Å². The number of nitrogens with one attached hydrogen (secondary N) is 1. The molecule has 0 bridgehead atoms. The summed E-state index contributed by atoms with van der Waals surface area (Å²) >= 11 is 0. The van der Waals surface area contributed by atoms with Crippen LogP contribution in [0.2, 0.25) is 0 Å². The summed E-state index contributed by atoms with van der Waals surface area (Å²) in [5.74, 6) is 0.433. The first kappa shape index (κ1) is 15.7. The zero-order valence-electron chi connectivity index (χ0n) is 11.7. The summed E-state index contributed by atoms with van der Waals surface area (Å²) in [6, 6.07) is 6.40. The van der Waals surface area contributed by atoms with Crippen molar-refractivity contribution in [2.75, 3.05) is 11.9 Å². The maximum Gasteiger partial charge on any atom is 0.193 e. The Morgan fingerprint density at radius 3 is 3.00 bits per heavy atom. The molecule has 0 spiro atoms. The maximum atomic E-state index is 5.88. The number of hydrogen-bond acceptors (Lipinski definition) is 3. The van der Waals surface area contributed by atoms with Crippen molar-refractivity contribution in [3.63, 3.8) is 0 Å². The van der Waals surface area contributed by atoms with Crippen molar-refractivity contribution >= 4 is 35.6 Å². The van der Waals surface area contributed by atoms with Crippen LogP contribution in [-0.4, -0.2) is 27.3 Å². The van der Waals surface area contributed by atoms with E-state index >= 15 is 0 Å². The predicted octanol–water partition coefficient (Wildman–Crippen LogP) is 1.81. The lowest BCUT2D eigenvalue weighted by atomic mass is 10.1. The van der Waals surface area contributed by atoms with Gasteiger partial charge in [0.15, 0.2) is 5.96 Å². The van der Waals surface area contributed by atoms with Gasteiger partial charge in [-0.15, -0.1) is 24.0 Å². The van der Waals surface area contributed by atoms with Crippen LogP contribution in [0.5, 0.6) is 0 Å². The summed E-state index contributed by atoms with van der Waals surface area (Å²) in [6.45, 7) is 1.25. The summed E-state index contributed by atoms with van der Waals surface area (Å²) in [5.41, 5.74) is 9.77. The number of aryl methyl sites for hydroxylation is 2. The number of rotatable bonds is 4. The molecule has 0 aliphatic heterocycles. The van der Waals surface area contributed by atoms with Crippen molar-refractivity contribution in [2.24, 2.45) is 10.7 Å². The summed E-state index contributed by atoms with van der Waals surface area (Å²) in [4.78, 5) is 8.16. The molecule has 1 aromatic carbocycles. The largest absolute Gasteiger partial charge is 0.370 e. The van der Waals surface area contributed by atoms with Crippen LogP contribution in [0.15, 0.2) is 35.8 Å². The second-order valence-electron chi connectivity index (χ2n) is 4.89. The number of nitrogens with zero attached hydrogens (tertiary/aromatic N) is 4. The van der Waals surface area contributed by atoms with E-state index in [4.69, 9.17) is 5.73 Å². The van der Waals surface area contributed by atoms with Crippen LogP contribution in [0.4, 0.5) is 5.69 Å². The molecule has 3 N–H and O–H groups in total. The van der Waals surface area contributed by atoms with Gasteiger partial charge in [-0.05, 0) is 42.5 Å². The predicted molar refractivity (Wildman–Crippen MR) is 94.0 cm³/mol. The molecular weight excluding hydrogens is 379 g/mol. The monoisotopic (exact) mass is 398 g/mol. The Kier molecular flexibility index (Phi) is 5.54. The third-order valence-corrected chi connectivity index (χ3v) is 3.45. The zero-order chi connectivity index (χ0) is 13.8. The molecule has 0 unspecified atom stereocenters. The quantitative estimate of drug-likeness (QED) is 0.468. The molecule has 0 saturated carbocycles. The van der Waals surface area contributed by atoms with Crippen LogP contribution < -0.4 is 11.1 Å². The normalized spacial score (nSPS) is 13.6. The maximum absolute atomic E-state index is 5.88. The zero-order valence-corrected chi connectivity index (χ0v) is 14.0. The molecule has 0 fully saturated rings. The van der Waals surface area contributed by atoms with Crippen LogP contribution in [0.3, 0.4) is 0 Å². The fourth-order valence-corrected chi connectivity index (χ4v) is 2.46. The fraction of sp³-hybridized carbons (Fsp3) is 0.357. The molecule has 3 rings (SSSR count). The molecule has 21 heavy (non-hydrogen) atoms. The number of halogens is 1. The average Bonchev–Trinajstić information content (AvgIpc) is 3.08. The molecule has 0 radical (unpaired) electrons. The molecule has 7 heteroatoms. The van der Waals surface area contributed by atoms with E-state index in [0.717, 1.165) is 12.1 Å². The van der Waals surface area contributed by atoms with Gasteiger partial charge < -0.3 is 11.1 Å². The second kappa shape index (κ2) is 7.39. The number of nitrogens with two attached hydrogens (primary N) is 1. The van der Waals surface area contributed by atoms with Crippen LogP contribution in [-0.2, 0) is 19.4 Å². The van der Waals surface area contributed by atoms with E-state index < -0.39 is 0 Å². The molecule has 1 aliphatic rings. The Morgan fingerprint density at radius 1 is 1.33 bits per heavy atom. The van der Waals surface area contributed by atoms with Crippen LogP contribution in [0.1, 0.15) is 17.5 Å². The van der Waals surface area contributed by atoms with Crippen LogP contribution >= 0.6 is 24.0 Å². The Labute approximate surface area is 140 Å². The number of fused-ring (bicyclic) bond motifs is 1. The van der Waals surface area contributed by atoms with Crippen molar-refractivity contribution in [2.45, 2.75) is 25.8 Å². The molecule has 1 aliphatic carbocycles. The number of anilines is 1. The lowest BCUT2D eigenvalue weighted by Gasteiger charge is -2.08. The van der Waals surface area contributed by atoms with Crippen LogP contribution in [0.25, 0.3) is 0 Å². The van der Waals surface area contributed by atoms with Gasteiger partial charge in [0.2, 0.25) is 0 Å². The second-order valence-corrected chi connectivity index (χ2v) is 4.89. The first-order valence-corrected chi connectivity index (χ1v) is 6.82. The molecule has 1 aromatic heterocycles. The number of benzene rings is 1. The Bertz CT molecular complexity index is 608. The average molecular weight is 398 g/mol. The molecule has 0 atom stereocenters. The topological polar surface area (TPSA) is 81.1 Å². The van der Waals surface area contributed by atoms with E-state index in [2.05, 4.69) is 38.6 Å². The van der Waals surface area contributed by atoms with Gasteiger partial charge in [-0.1, -0.05) is 6.07 Å². The molecule has 0 amide bonds. The molecular formula is C14H19IN6. The third kappa shape index (κ3) is 4.16. The number of aromatic nitrogens is 3. The minimum Gasteiger partial charge on any atom is -0.370 e. The summed E-state index contributed by atoms with van der Waals surface area (Å²) in [5, 5.41) is 7.15. The van der Waals surface area contributed by atoms with E-state index in [1.165, 1.54) is 30.3 Å². The van der Waals surface area contributed by atoms with Gasteiger partial charge in [0, 0.05) is 5.69 Å². The summed E-state index contributed by atoms with van der Waals surface area (Å²) in [6.07, 6.45) is 6.78. The van der Waals surface area contributed by atoms with Crippen molar-refractivity contribution < 1.29 is 0 Å². The van der Waals surface area contributed by atoms with E-state index in [1.807, 2.05) is 0 Å². The lowest BCUT2D eigenvalue weighted by molar-refractivity contribution is 0.624. The van der Waals surface area contributed by atoms with Crippen molar-refractivity contribution in [3.05, 3.63) is 42.0 Å². The number of hydrogen-bond donors (Lipinski definition) is 2. The molecule has 1 heterocycles. The highest BCUT2D eigenvalue weighted by Crippen LogP contribution is 2.24. The first-order valence-electron chi connectivity index (χ1n) is 6.82. The van der Waals surface area contributed by atoms with E-state index in [9.17, 15) is 0 Å². The van der Waals surface area contributed by atoms with Crippen molar-refractivity contribution in [1.29, 1.82) is 0 Å². The van der Waals surface area contributed by atoms with Gasteiger partial charge in [0.25, 0.3) is 0 Å². The minimum absolute atomic E-state index is 0. The number of guanidine groups is 1. The Morgan fingerprint density at radius 2 is 2.19 bits per heavy atom. The summed E-state index contributed by atoms with van der Waals surface area (Å²) in [7, 11) is 0. The van der Waals surface area contributed by atoms with Crippen molar-refractivity contribution in [3.8, 4) is 0 Å². The van der Waals surface area contributed by atoms with Gasteiger partial charge in [-0.2, -0.15) is 5.10 Å². The highest BCUT2D eigenvalue weighted by Gasteiger charge is 2.10. The third-order valence-electron chi connectivity index (χ3n) is 3.45. The van der Waals surface area contributed by atoms with Gasteiger partial charge in [0.05, 0.1) is 13.1 Å². The Balaban J connectivity index is 0.00000161. The van der Waals surface area contributed by atoms with Crippen LogP contribution in [0, 0.1) is 0 Å². The first-order chi connectivity index (χ1) is 9.81. The molecule has 112 valence electrons. The summed E-state index contributed by atoms with van der Waals surface area (Å²) < 4.78 is 1.73. The fourth-order valence-electron chi connectivity index (χ4n) is 2.46. The standard InChI is InChI=1S/C14H18N6.HI/c15-14(17-6-7-20-10-16-9-18-20)19-13-5-4-11-2-1-3-12(11)8-13;/h4-5,8-10H,1-3,6-7H2,(H3,15,17,19);1H. The van der Waals surface area contributed by atoms with Gasteiger partial charge >= 0.3 is 0 Å². The lowest BCUT2D eigenvalue weighted by Crippen LogP contribution is -2.23. The van der Waals surface area contributed by atoms with E-state index in [1.54, 1.807) is 11.0 Å². The van der Waals surface area contributed by atoms with E-state index in [0.29, 0.717) is 19.0 Å². The van der Waals surface area contributed by atoms with Gasteiger partial charge in [-0.25, -0.2) is 4.98 Å². The van der Waals surface area contributed by atoms with Gasteiger partial charge in [-0.3, -0.25) is 9.67 Å². The Hall–Kier alpha value is -1.64. The molecule has 2 aromatic rings. The smallest absolute Gasteiger partial charge is 0.193 e.